The summed E-state index contributed by atoms with van der Waals surface area (Å²) in [5.74, 6) is 0.468. The molecular weight excluding hydrogens is 276 g/mol. The lowest BCUT2D eigenvalue weighted by Crippen LogP contribution is -2.29. The summed E-state index contributed by atoms with van der Waals surface area (Å²) in [6.45, 7) is 6.60. The molecule has 3 N–H and O–H groups in total. The van der Waals surface area contributed by atoms with E-state index in [4.69, 9.17) is 5.73 Å². The zero-order valence-corrected chi connectivity index (χ0v) is 13.5. The van der Waals surface area contributed by atoms with E-state index in [2.05, 4.69) is 26.0 Å². The normalized spacial score (nSPS) is 11.2. The molecule has 1 aromatic carbocycles. The Kier molecular flexibility index (Phi) is 5.16. The van der Waals surface area contributed by atoms with Crippen molar-refractivity contribution in [1.82, 2.24) is 4.57 Å². The van der Waals surface area contributed by atoms with Crippen molar-refractivity contribution in [2.75, 3.05) is 6.61 Å². The molecule has 2 rings (SSSR count). The number of aryl methyl sites for hydroxylation is 1. The molecule has 0 atom stereocenters. The van der Waals surface area contributed by atoms with Crippen LogP contribution in [0, 0.1) is 6.92 Å². The van der Waals surface area contributed by atoms with Gasteiger partial charge in [-0.1, -0.05) is 38.1 Å². The first kappa shape index (κ1) is 16.5. The van der Waals surface area contributed by atoms with E-state index < -0.39 is 0 Å². The molecule has 4 nitrogen and oxygen atoms in total. The molecule has 0 fully saturated rings. The summed E-state index contributed by atoms with van der Waals surface area (Å²) < 4.78 is 1.61. The van der Waals surface area contributed by atoms with E-state index in [0.29, 0.717) is 11.5 Å². The van der Waals surface area contributed by atoms with E-state index in [9.17, 15) is 9.90 Å². The molecule has 2 aromatic rings. The second kappa shape index (κ2) is 6.90. The summed E-state index contributed by atoms with van der Waals surface area (Å²) in [5.41, 5.74) is 10.1. The van der Waals surface area contributed by atoms with Gasteiger partial charge >= 0.3 is 0 Å². The maximum absolute atomic E-state index is 12.6. The molecule has 0 bridgehead atoms. The Bertz CT molecular complexity index is 700. The molecule has 4 heteroatoms. The average Bonchev–Trinajstić information content (AvgIpc) is 2.50. The Morgan fingerprint density at radius 3 is 2.36 bits per heavy atom. The molecule has 0 aliphatic rings. The van der Waals surface area contributed by atoms with Gasteiger partial charge in [0.1, 0.15) is 0 Å². The van der Waals surface area contributed by atoms with Crippen LogP contribution in [0.3, 0.4) is 0 Å². The number of hydrogen-bond acceptors (Lipinski definition) is 3. The van der Waals surface area contributed by atoms with Gasteiger partial charge in [0.15, 0.2) is 0 Å². The fourth-order valence-corrected chi connectivity index (χ4v) is 2.66. The molecule has 0 unspecified atom stereocenters. The second-order valence-electron chi connectivity index (χ2n) is 5.85. The Labute approximate surface area is 131 Å². The number of aromatic nitrogens is 1. The number of rotatable bonds is 5. The molecule has 1 aromatic heterocycles. The van der Waals surface area contributed by atoms with Crippen LogP contribution < -0.4 is 11.3 Å². The van der Waals surface area contributed by atoms with Crippen molar-refractivity contribution in [2.45, 2.75) is 39.8 Å². The predicted molar refractivity (Wildman–Crippen MR) is 89.9 cm³/mol. The Balaban J connectivity index is 2.61. The summed E-state index contributed by atoms with van der Waals surface area (Å²) in [7, 11) is 0. The van der Waals surface area contributed by atoms with Gasteiger partial charge in [-0.2, -0.15) is 0 Å². The summed E-state index contributed by atoms with van der Waals surface area (Å²) in [6.07, 6.45) is 0. The largest absolute Gasteiger partial charge is 0.395 e. The third kappa shape index (κ3) is 3.13. The van der Waals surface area contributed by atoms with Gasteiger partial charge in [-0.3, -0.25) is 4.79 Å². The lowest BCUT2D eigenvalue weighted by Gasteiger charge is -2.16. The fraction of sp³-hybridized carbons (Fsp3) is 0.389. The first-order chi connectivity index (χ1) is 10.5. The Morgan fingerprint density at radius 2 is 1.86 bits per heavy atom. The van der Waals surface area contributed by atoms with Gasteiger partial charge < -0.3 is 15.4 Å². The molecule has 0 saturated heterocycles. The van der Waals surface area contributed by atoms with Gasteiger partial charge in [0.25, 0.3) is 5.56 Å². The van der Waals surface area contributed by atoms with E-state index in [-0.39, 0.29) is 25.3 Å². The highest BCUT2D eigenvalue weighted by Gasteiger charge is 2.13. The van der Waals surface area contributed by atoms with Crippen LogP contribution in [0.2, 0.25) is 0 Å². The van der Waals surface area contributed by atoms with Crippen LogP contribution in [0.4, 0.5) is 0 Å². The highest BCUT2D eigenvalue weighted by Crippen LogP contribution is 2.23. The van der Waals surface area contributed by atoms with E-state index >= 15 is 0 Å². The van der Waals surface area contributed by atoms with Crippen LogP contribution in [0.1, 0.15) is 36.5 Å². The van der Waals surface area contributed by atoms with Crippen molar-refractivity contribution >= 4 is 0 Å². The number of benzene rings is 1. The average molecular weight is 300 g/mol. The smallest absolute Gasteiger partial charge is 0.255 e. The quantitative estimate of drug-likeness (QED) is 0.891. The maximum Gasteiger partial charge on any atom is 0.255 e. The second-order valence-corrected chi connectivity index (χ2v) is 5.85. The number of aliphatic hydroxyl groups excluding tert-OH is 1. The molecule has 0 aliphatic carbocycles. The van der Waals surface area contributed by atoms with Crippen LogP contribution in [0.25, 0.3) is 11.3 Å². The van der Waals surface area contributed by atoms with Crippen LogP contribution in [0.5, 0.6) is 0 Å². The summed E-state index contributed by atoms with van der Waals surface area (Å²) >= 11 is 0. The van der Waals surface area contributed by atoms with Gasteiger partial charge in [-0.25, -0.2) is 0 Å². The minimum absolute atomic E-state index is 0.0793. The Hall–Kier alpha value is -1.91. The van der Waals surface area contributed by atoms with Crippen molar-refractivity contribution in [1.29, 1.82) is 0 Å². The molecule has 1 heterocycles. The minimum Gasteiger partial charge on any atom is -0.395 e. The monoisotopic (exact) mass is 300 g/mol. The summed E-state index contributed by atoms with van der Waals surface area (Å²) in [6, 6.07) is 10.2. The number of aliphatic hydroxyl groups is 1. The summed E-state index contributed by atoms with van der Waals surface area (Å²) in [4.78, 5) is 12.6. The number of nitrogens with zero attached hydrogens (tertiary/aromatic N) is 1. The molecule has 0 saturated carbocycles. The highest BCUT2D eigenvalue weighted by atomic mass is 16.3. The highest BCUT2D eigenvalue weighted by molar-refractivity contribution is 5.61. The summed E-state index contributed by atoms with van der Waals surface area (Å²) in [5, 5.41) is 9.27. The van der Waals surface area contributed by atoms with Crippen molar-refractivity contribution in [3.63, 3.8) is 0 Å². The maximum atomic E-state index is 12.6. The molecule has 118 valence electrons. The van der Waals surface area contributed by atoms with Gasteiger partial charge in [0, 0.05) is 18.7 Å². The van der Waals surface area contributed by atoms with E-state index in [1.165, 1.54) is 5.56 Å². The minimum atomic E-state index is -0.112. The topological polar surface area (TPSA) is 68.2 Å². The van der Waals surface area contributed by atoms with Crippen molar-refractivity contribution < 1.29 is 5.11 Å². The standard InChI is InChI=1S/C18H24N2O2/c1-12(2)14-4-6-15(7-5-14)17-10-13(3)16(11-19)18(22)20(17)8-9-21/h4-7,10,12,21H,8-9,11,19H2,1-3H3. The van der Waals surface area contributed by atoms with Gasteiger partial charge in [0.2, 0.25) is 0 Å². The SMILES string of the molecule is Cc1cc(-c2ccc(C(C)C)cc2)n(CCO)c(=O)c1CN. The van der Waals surface area contributed by atoms with E-state index in [1.807, 2.05) is 25.1 Å². The lowest BCUT2D eigenvalue weighted by atomic mass is 9.99. The molecule has 0 radical (unpaired) electrons. The van der Waals surface area contributed by atoms with Crippen LogP contribution in [-0.2, 0) is 13.1 Å². The van der Waals surface area contributed by atoms with Crippen molar-refractivity contribution in [3.8, 4) is 11.3 Å². The van der Waals surface area contributed by atoms with Gasteiger partial charge in [-0.15, -0.1) is 0 Å². The zero-order valence-electron chi connectivity index (χ0n) is 13.5. The number of hydrogen-bond donors (Lipinski definition) is 2. The first-order valence-electron chi connectivity index (χ1n) is 7.64. The fourth-order valence-electron chi connectivity index (χ4n) is 2.66. The molecule has 0 aliphatic heterocycles. The predicted octanol–water partition coefficient (Wildman–Crippen LogP) is 2.40. The third-order valence-electron chi connectivity index (χ3n) is 4.02. The lowest BCUT2D eigenvalue weighted by molar-refractivity contribution is 0.274. The third-order valence-corrected chi connectivity index (χ3v) is 4.02. The van der Waals surface area contributed by atoms with E-state index in [0.717, 1.165) is 16.8 Å². The Morgan fingerprint density at radius 1 is 1.23 bits per heavy atom. The van der Waals surface area contributed by atoms with Crippen LogP contribution in [-0.4, -0.2) is 16.3 Å². The first-order valence-corrected chi connectivity index (χ1v) is 7.64. The van der Waals surface area contributed by atoms with Crippen LogP contribution >= 0.6 is 0 Å². The number of nitrogens with two attached hydrogens (primary N) is 1. The van der Waals surface area contributed by atoms with Gasteiger partial charge in [0.05, 0.1) is 12.3 Å². The van der Waals surface area contributed by atoms with Crippen molar-refractivity contribution in [2.24, 2.45) is 5.73 Å². The van der Waals surface area contributed by atoms with Gasteiger partial charge in [-0.05, 0) is 35.6 Å². The number of pyridine rings is 1. The van der Waals surface area contributed by atoms with Crippen molar-refractivity contribution in [3.05, 3.63) is 57.4 Å². The molecule has 22 heavy (non-hydrogen) atoms. The van der Waals surface area contributed by atoms with E-state index in [1.54, 1.807) is 4.57 Å². The zero-order chi connectivity index (χ0) is 16.3. The van der Waals surface area contributed by atoms with Crippen LogP contribution in [0.15, 0.2) is 35.1 Å². The molecule has 0 spiro atoms. The molecular formula is C18H24N2O2. The molecule has 0 amide bonds.